The van der Waals surface area contributed by atoms with Crippen molar-refractivity contribution < 1.29 is 13.6 Å². The summed E-state index contributed by atoms with van der Waals surface area (Å²) in [6, 6.07) is 7.44. The van der Waals surface area contributed by atoms with Crippen LogP contribution >= 0.6 is 0 Å². The van der Waals surface area contributed by atoms with E-state index in [1.807, 2.05) is 0 Å². The van der Waals surface area contributed by atoms with Gasteiger partial charge in [0.25, 0.3) is 0 Å². The number of hydrogen-bond acceptors (Lipinski definition) is 5. The SMILES string of the molecule is N#CC1(NC(=O)Cn2nc(-c3ccc(F)cc3)oc2=O)CCCC1. The number of carbonyl (C=O) groups is 1. The van der Waals surface area contributed by atoms with Crippen LogP contribution < -0.4 is 11.1 Å². The van der Waals surface area contributed by atoms with Crippen molar-refractivity contribution in [3.8, 4) is 17.5 Å². The molecule has 24 heavy (non-hydrogen) atoms. The molecule has 3 rings (SSSR count). The van der Waals surface area contributed by atoms with E-state index in [4.69, 9.17) is 4.42 Å². The van der Waals surface area contributed by atoms with Gasteiger partial charge in [-0.1, -0.05) is 0 Å². The van der Waals surface area contributed by atoms with Crippen molar-refractivity contribution in [2.24, 2.45) is 0 Å². The molecule has 1 fully saturated rings. The van der Waals surface area contributed by atoms with E-state index >= 15 is 0 Å². The van der Waals surface area contributed by atoms with E-state index in [9.17, 15) is 19.2 Å². The monoisotopic (exact) mass is 330 g/mol. The first-order valence-electron chi connectivity index (χ1n) is 7.57. The Kier molecular flexibility index (Phi) is 4.16. The van der Waals surface area contributed by atoms with Gasteiger partial charge in [-0.15, -0.1) is 5.10 Å². The molecule has 0 spiro atoms. The van der Waals surface area contributed by atoms with Crippen LogP contribution in [0.3, 0.4) is 0 Å². The summed E-state index contributed by atoms with van der Waals surface area (Å²) in [7, 11) is 0. The molecule has 0 bridgehead atoms. The number of hydrogen-bond donors (Lipinski definition) is 1. The summed E-state index contributed by atoms with van der Waals surface area (Å²) in [6.07, 6.45) is 2.96. The molecule has 0 aliphatic heterocycles. The molecule has 1 amide bonds. The Morgan fingerprint density at radius 3 is 2.67 bits per heavy atom. The summed E-state index contributed by atoms with van der Waals surface area (Å²) >= 11 is 0. The van der Waals surface area contributed by atoms with Crippen LogP contribution in [-0.2, 0) is 11.3 Å². The predicted octanol–water partition coefficient (Wildman–Crippen LogP) is 1.59. The number of amides is 1. The molecule has 2 aromatic rings. The number of nitrogens with one attached hydrogen (secondary N) is 1. The van der Waals surface area contributed by atoms with E-state index in [0.717, 1.165) is 17.5 Å². The first-order valence-corrected chi connectivity index (χ1v) is 7.57. The third kappa shape index (κ3) is 3.20. The molecule has 0 radical (unpaired) electrons. The van der Waals surface area contributed by atoms with E-state index in [1.54, 1.807) is 0 Å². The molecule has 0 saturated heterocycles. The lowest BCUT2D eigenvalue weighted by Gasteiger charge is -2.21. The van der Waals surface area contributed by atoms with Gasteiger partial charge in [0.05, 0.1) is 6.07 Å². The number of nitriles is 1. The molecule has 7 nitrogen and oxygen atoms in total. The van der Waals surface area contributed by atoms with Crippen LogP contribution in [0.15, 0.2) is 33.5 Å². The average Bonchev–Trinajstić information content (AvgIpc) is 3.16. The second-order valence-electron chi connectivity index (χ2n) is 5.79. The van der Waals surface area contributed by atoms with Crippen LogP contribution in [0.2, 0.25) is 0 Å². The van der Waals surface area contributed by atoms with E-state index in [1.165, 1.54) is 24.3 Å². The average molecular weight is 330 g/mol. The van der Waals surface area contributed by atoms with Crippen molar-refractivity contribution in [2.45, 2.75) is 37.8 Å². The summed E-state index contributed by atoms with van der Waals surface area (Å²) in [5, 5.41) is 15.9. The Balaban J connectivity index is 1.74. The van der Waals surface area contributed by atoms with E-state index in [0.29, 0.717) is 18.4 Å². The van der Waals surface area contributed by atoms with Crippen LogP contribution in [0.25, 0.3) is 11.5 Å². The van der Waals surface area contributed by atoms with Gasteiger partial charge in [-0.05, 0) is 49.9 Å². The van der Waals surface area contributed by atoms with Crippen LogP contribution in [0.1, 0.15) is 25.7 Å². The first-order chi connectivity index (χ1) is 11.5. The van der Waals surface area contributed by atoms with Gasteiger partial charge in [0.2, 0.25) is 11.8 Å². The van der Waals surface area contributed by atoms with E-state index in [2.05, 4.69) is 16.5 Å². The van der Waals surface area contributed by atoms with Gasteiger partial charge in [-0.3, -0.25) is 4.79 Å². The lowest BCUT2D eigenvalue weighted by Crippen LogP contribution is -2.47. The normalized spacial score (nSPS) is 15.8. The molecule has 0 atom stereocenters. The van der Waals surface area contributed by atoms with Gasteiger partial charge in [0.15, 0.2) is 0 Å². The van der Waals surface area contributed by atoms with Gasteiger partial charge in [0, 0.05) is 5.56 Å². The third-order valence-electron chi connectivity index (χ3n) is 4.04. The minimum Gasteiger partial charge on any atom is -0.388 e. The summed E-state index contributed by atoms with van der Waals surface area (Å²) < 4.78 is 18.8. The van der Waals surface area contributed by atoms with Gasteiger partial charge >= 0.3 is 5.76 Å². The zero-order valence-electron chi connectivity index (χ0n) is 12.8. The molecule has 1 aliphatic carbocycles. The highest BCUT2D eigenvalue weighted by Gasteiger charge is 2.35. The van der Waals surface area contributed by atoms with E-state index < -0.39 is 23.0 Å². The van der Waals surface area contributed by atoms with Crippen LogP contribution in [0, 0.1) is 17.1 Å². The Morgan fingerprint density at radius 1 is 1.38 bits per heavy atom. The van der Waals surface area contributed by atoms with Gasteiger partial charge in [-0.2, -0.15) is 9.94 Å². The zero-order valence-corrected chi connectivity index (χ0v) is 12.8. The summed E-state index contributed by atoms with van der Waals surface area (Å²) in [6.45, 7) is -0.340. The molecule has 1 aromatic carbocycles. The summed E-state index contributed by atoms with van der Waals surface area (Å²) in [5.74, 6) is -1.68. The van der Waals surface area contributed by atoms with Crippen molar-refractivity contribution >= 4 is 5.91 Å². The second-order valence-corrected chi connectivity index (χ2v) is 5.79. The van der Waals surface area contributed by atoms with Crippen molar-refractivity contribution in [3.63, 3.8) is 0 Å². The largest absolute Gasteiger partial charge is 0.437 e. The highest BCUT2D eigenvalue weighted by molar-refractivity contribution is 5.77. The number of rotatable bonds is 4. The molecule has 8 heteroatoms. The molecular weight excluding hydrogens is 315 g/mol. The Morgan fingerprint density at radius 2 is 2.04 bits per heavy atom. The predicted molar refractivity (Wildman–Crippen MR) is 81.1 cm³/mol. The number of carbonyl (C=O) groups excluding carboxylic acids is 1. The van der Waals surface area contributed by atoms with Gasteiger partial charge in [-0.25, -0.2) is 9.18 Å². The number of nitrogens with zero attached hydrogens (tertiary/aromatic N) is 3. The van der Waals surface area contributed by atoms with Crippen molar-refractivity contribution in [1.82, 2.24) is 15.1 Å². The number of benzene rings is 1. The molecule has 1 saturated carbocycles. The van der Waals surface area contributed by atoms with Crippen LogP contribution in [-0.4, -0.2) is 21.2 Å². The van der Waals surface area contributed by atoms with Gasteiger partial charge < -0.3 is 9.73 Å². The van der Waals surface area contributed by atoms with E-state index in [-0.39, 0.29) is 12.4 Å². The third-order valence-corrected chi connectivity index (χ3v) is 4.04. The quantitative estimate of drug-likeness (QED) is 0.917. The fourth-order valence-corrected chi connectivity index (χ4v) is 2.80. The first kappa shape index (κ1) is 15.9. The molecule has 124 valence electrons. The Bertz CT molecular complexity index is 841. The molecule has 1 N–H and O–H groups in total. The topological polar surface area (TPSA) is 101 Å². The lowest BCUT2D eigenvalue weighted by molar-refractivity contribution is -0.123. The fourth-order valence-electron chi connectivity index (χ4n) is 2.80. The Labute approximate surface area is 136 Å². The van der Waals surface area contributed by atoms with Crippen LogP contribution in [0.5, 0.6) is 0 Å². The molecule has 1 aliphatic rings. The number of halogens is 1. The highest BCUT2D eigenvalue weighted by Crippen LogP contribution is 2.28. The second kappa shape index (κ2) is 6.28. The van der Waals surface area contributed by atoms with Crippen molar-refractivity contribution in [1.29, 1.82) is 5.26 Å². The maximum absolute atomic E-state index is 12.9. The fraction of sp³-hybridized carbons (Fsp3) is 0.375. The van der Waals surface area contributed by atoms with Crippen molar-refractivity contribution in [3.05, 3.63) is 40.6 Å². The molecular formula is C16H15FN4O3. The number of aromatic nitrogens is 2. The highest BCUT2D eigenvalue weighted by atomic mass is 19.1. The summed E-state index contributed by atoms with van der Waals surface area (Å²) in [5.41, 5.74) is -0.429. The molecule has 0 unspecified atom stereocenters. The standard InChI is InChI=1S/C16H15FN4O3/c17-12-5-3-11(4-6-12)14-20-21(15(23)24-14)9-13(22)19-16(10-18)7-1-2-8-16/h3-6H,1-2,7-9H2,(H,19,22). The smallest absolute Gasteiger partial charge is 0.388 e. The molecule has 1 aromatic heterocycles. The maximum atomic E-state index is 12.9. The minimum atomic E-state index is -0.857. The molecule has 1 heterocycles. The van der Waals surface area contributed by atoms with Crippen molar-refractivity contribution in [2.75, 3.05) is 0 Å². The van der Waals surface area contributed by atoms with Gasteiger partial charge in [0.1, 0.15) is 17.9 Å². The Hall–Kier alpha value is -2.95. The minimum absolute atomic E-state index is 0.00339. The van der Waals surface area contributed by atoms with Crippen LogP contribution in [0.4, 0.5) is 4.39 Å². The lowest BCUT2D eigenvalue weighted by atomic mass is 10.00. The maximum Gasteiger partial charge on any atom is 0.437 e. The zero-order chi connectivity index (χ0) is 17.2. The summed E-state index contributed by atoms with van der Waals surface area (Å²) in [4.78, 5) is 23.9.